The fourth-order valence-corrected chi connectivity index (χ4v) is 4.95. The number of nitrogens with zero attached hydrogens (tertiary/aromatic N) is 2. The van der Waals surface area contributed by atoms with Crippen molar-refractivity contribution in [3.8, 4) is 0 Å². The van der Waals surface area contributed by atoms with E-state index in [9.17, 15) is 9.59 Å². The van der Waals surface area contributed by atoms with Crippen LogP contribution in [0.15, 0.2) is 0 Å². The summed E-state index contributed by atoms with van der Waals surface area (Å²) < 4.78 is 18.5. The van der Waals surface area contributed by atoms with Crippen LogP contribution in [-0.2, 0) is 38.4 Å². The summed E-state index contributed by atoms with van der Waals surface area (Å²) in [6, 6.07) is 0. The molecule has 1 aromatic rings. The number of hydrogen-bond donors (Lipinski definition) is 1. The van der Waals surface area contributed by atoms with Crippen LogP contribution < -0.4 is 5.32 Å². The topological polar surface area (TPSA) is 91.7 Å². The molecule has 2 saturated heterocycles. The third-order valence-corrected chi connectivity index (χ3v) is 6.96. The van der Waals surface area contributed by atoms with Gasteiger partial charge in [0.2, 0.25) is 0 Å². The minimum atomic E-state index is -0.121. The van der Waals surface area contributed by atoms with Crippen molar-refractivity contribution >= 4 is 11.9 Å². The Kier molecular flexibility index (Phi) is 6.96. The standard InChI is InChI=1S/C23H35N3O5/c1-3-18-20-19(12-23(15-24-21(20)27)6-10-30-11-7-23)26(25-18)13-16(2)14-31-22(28)17-4-8-29-9-5-17/h16-17H,3-15H2,1-2H3,(H,24,27). The lowest BCUT2D eigenvalue weighted by Gasteiger charge is -2.36. The van der Waals surface area contributed by atoms with E-state index in [4.69, 9.17) is 19.3 Å². The van der Waals surface area contributed by atoms with Crippen molar-refractivity contribution in [1.82, 2.24) is 15.1 Å². The molecule has 4 heterocycles. The SMILES string of the molecule is CCc1nn(CC(C)COC(=O)C2CCOCC2)c2c1C(=O)NCC1(CCOCC1)C2. The first kappa shape index (κ1) is 22.3. The molecule has 1 atom stereocenters. The number of hydrogen-bond acceptors (Lipinski definition) is 6. The zero-order chi connectivity index (χ0) is 21.8. The van der Waals surface area contributed by atoms with E-state index in [0.29, 0.717) is 39.3 Å². The molecule has 8 nitrogen and oxygen atoms in total. The summed E-state index contributed by atoms with van der Waals surface area (Å²) in [6.45, 7) is 8.50. The molecule has 1 amide bonds. The molecule has 3 aliphatic rings. The number of carbonyl (C=O) groups excluding carboxylic acids is 2. The van der Waals surface area contributed by atoms with Crippen molar-refractivity contribution in [3.05, 3.63) is 17.0 Å². The number of amides is 1. The molecular formula is C23H35N3O5. The Morgan fingerprint density at radius 2 is 1.97 bits per heavy atom. The van der Waals surface area contributed by atoms with Gasteiger partial charge in [-0.15, -0.1) is 0 Å². The second kappa shape index (κ2) is 9.69. The van der Waals surface area contributed by atoms with Gasteiger partial charge in [0.1, 0.15) is 0 Å². The number of nitrogens with one attached hydrogen (secondary N) is 1. The predicted molar refractivity (Wildman–Crippen MR) is 114 cm³/mol. The van der Waals surface area contributed by atoms with E-state index in [2.05, 4.69) is 12.2 Å². The Balaban J connectivity index is 1.47. The number of aryl methyl sites for hydroxylation is 1. The van der Waals surface area contributed by atoms with Gasteiger partial charge in [-0.25, -0.2) is 0 Å². The van der Waals surface area contributed by atoms with Crippen LogP contribution in [0.2, 0.25) is 0 Å². The summed E-state index contributed by atoms with van der Waals surface area (Å²) >= 11 is 0. The first-order chi connectivity index (χ1) is 15.0. The van der Waals surface area contributed by atoms with E-state index < -0.39 is 0 Å². The summed E-state index contributed by atoms with van der Waals surface area (Å²) in [4.78, 5) is 25.3. The van der Waals surface area contributed by atoms with Gasteiger partial charge < -0.3 is 19.5 Å². The summed E-state index contributed by atoms with van der Waals surface area (Å²) in [7, 11) is 0. The molecule has 1 aromatic heterocycles. The molecule has 0 bridgehead atoms. The van der Waals surface area contributed by atoms with Gasteiger partial charge >= 0.3 is 5.97 Å². The molecule has 0 aromatic carbocycles. The fourth-order valence-electron chi connectivity index (χ4n) is 4.95. The van der Waals surface area contributed by atoms with Gasteiger partial charge in [-0.1, -0.05) is 13.8 Å². The number of esters is 1. The van der Waals surface area contributed by atoms with E-state index in [1.807, 2.05) is 11.6 Å². The third-order valence-electron chi connectivity index (χ3n) is 6.96. The van der Waals surface area contributed by atoms with E-state index in [-0.39, 0.29) is 29.1 Å². The monoisotopic (exact) mass is 433 g/mol. The molecule has 3 aliphatic heterocycles. The maximum absolute atomic E-state index is 12.9. The molecule has 0 radical (unpaired) electrons. The molecule has 172 valence electrons. The lowest BCUT2D eigenvalue weighted by atomic mass is 9.76. The molecule has 4 rings (SSSR count). The highest BCUT2D eigenvalue weighted by Crippen LogP contribution is 2.37. The van der Waals surface area contributed by atoms with Gasteiger partial charge in [-0.05, 0) is 43.9 Å². The average Bonchev–Trinajstić information content (AvgIpc) is 3.06. The van der Waals surface area contributed by atoms with Crippen LogP contribution in [0.5, 0.6) is 0 Å². The highest BCUT2D eigenvalue weighted by molar-refractivity contribution is 5.97. The summed E-state index contributed by atoms with van der Waals surface area (Å²) in [5, 5.41) is 7.96. The van der Waals surface area contributed by atoms with Gasteiger partial charge in [-0.3, -0.25) is 14.3 Å². The molecule has 0 aliphatic carbocycles. The predicted octanol–water partition coefficient (Wildman–Crippen LogP) is 2.13. The van der Waals surface area contributed by atoms with Crippen LogP contribution >= 0.6 is 0 Å². The molecule has 1 spiro atoms. The van der Waals surface area contributed by atoms with Crippen molar-refractivity contribution < 1.29 is 23.8 Å². The number of aromatic nitrogens is 2. The lowest BCUT2D eigenvalue weighted by molar-refractivity contribution is -0.153. The largest absolute Gasteiger partial charge is 0.465 e. The van der Waals surface area contributed by atoms with E-state index >= 15 is 0 Å². The molecule has 1 unspecified atom stereocenters. The Bertz CT molecular complexity index is 793. The normalized spacial score (nSPS) is 22.5. The van der Waals surface area contributed by atoms with Gasteiger partial charge in [0, 0.05) is 45.4 Å². The first-order valence-electron chi connectivity index (χ1n) is 11.7. The molecular weight excluding hydrogens is 398 g/mol. The van der Waals surface area contributed by atoms with E-state index in [0.717, 1.165) is 62.3 Å². The van der Waals surface area contributed by atoms with Crippen molar-refractivity contribution in [2.24, 2.45) is 17.3 Å². The van der Waals surface area contributed by atoms with Gasteiger partial charge in [0.05, 0.1) is 29.5 Å². The Morgan fingerprint density at radius 1 is 1.26 bits per heavy atom. The second-order valence-electron chi connectivity index (χ2n) is 9.40. The zero-order valence-corrected chi connectivity index (χ0v) is 18.8. The van der Waals surface area contributed by atoms with E-state index in [1.54, 1.807) is 0 Å². The van der Waals surface area contributed by atoms with Crippen LogP contribution in [0.25, 0.3) is 0 Å². The Labute approximate surface area is 184 Å². The number of ether oxygens (including phenoxy) is 3. The van der Waals surface area contributed by atoms with E-state index in [1.165, 1.54) is 0 Å². The van der Waals surface area contributed by atoms with Crippen molar-refractivity contribution in [2.45, 2.75) is 58.9 Å². The summed E-state index contributed by atoms with van der Waals surface area (Å²) in [5.74, 6) is -0.0792. The minimum Gasteiger partial charge on any atom is -0.465 e. The number of carbonyl (C=O) groups is 2. The van der Waals surface area contributed by atoms with Crippen LogP contribution in [0.4, 0.5) is 0 Å². The smallest absolute Gasteiger partial charge is 0.309 e. The highest BCUT2D eigenvalue weighted by atomic mass is 16.5. The number of fused-ring (bicyclic) bond motifs is 1. The average molecular weight is 434 g/mol. The Hall–Kier alpha value is -1.93. The van der Waals surface area contributed by atoms with Crippen LogP contribution in [0, 0.1) is 17.3 Å². The minimum absolute atomic E-state index is 0.0138. The van der Waals surface area contributed by atoms with Crippen LogP contribution in [0.3, 0.4) is 0 Å². The van der Waals surface area contributed by atoms with Crippen molar-refractivity contribution in [1.29, 1.82) is 0 Å². The summed E-state index contributed by atoms with van der Waals surface area (Å²) in [5.41, 5.74) is 2.65. The Morgan fingerprint density at radius 3 is 2.68 bits per heavy atom. The molecule has 0 saturated carbocycles. The van der Waals surface area contributed by atoms with Crippen molar-refractivity contribution in [2.75, 3.05) is 39.6 Å². The molecule has 8 heteroatoms. The highest BCUT2D eigenvalue weighted by Gasteiger charge is 2.39. The van der Waals surface area contributed by atoms with Gasteiger partial charge in [0.25, 0.3) is 5.91 Å². The molecule has 31 heavy (non-hydrogen) atoms. The second-order valence-corrected chi connectivity index (χ2v) is 9.40. The van der Waals surface area contributed by atoms with Crippen molar-refractivity contribution in [3.63, 3.8) is 0 Å². The third kappa shape index (κ3) is 4.95. The molecule has 1 N–H and O–H groups in total. The number of rotatable bonds is 6. The van der Waals surface area contributed by atoms with Gasteiger partial charge in [-0.2, -0.15) is 5.10 Å². The fraction of sp³-hybridized carbons (Fsp3) is 0.783. The maximum atomic E-state index is 12.9. The molecule has 2 fully saturated rings. The van der Waals surface area contributed by atoms with Crippen LogP contribution in [-0.4, -0.2) is 61.2 Å². The summed E-state index contributed by atoms with van der Waals surface area (Å²) in [6.07, 6.45) is 4.90. The van der Waals surface area contributed by atoms with Crippen LogP contribution in [0.1, 0.15) is 61.3 Å². The zero-order valence-electron chi connectivity index (χ0n) is 18.8. The van der Waals surface area contributed by atoms with Gasteiger partial charge in [0.15, 0.2) is 0 Å². The quantitative estimate of drug-likeness (QED) is 0.691. The maximum Gasteiger partial charge on any atom is 0.309 e. The lowest BCUT2D eigenvalue weighted by Crippen LogP contribution is -2.41. The first-order valence-corrected chi connectivity index (χ1v) is 11.7.